The molecule has 18 heavy (non-hydrogen) atoms. The van der Waals surface area contributed by atoms with Crippen LogP contribution < -0.4 is 5.73 Å². The Bertz CT molecular complexity index is 436. The minimum atomic E-state index is -0.0943. The smallest absolute Gasteiger partial charge is 0.265 e. The third-order valence-corrected chi connectivity index (χ3v) is 4.03. The van der Waals surface area contributed by atoms with Crippen molar-refractivity contribution in [2.45, 2.75) is 45.1 Å². The number of nitrogens with two attached hydrogens (primary N) is 1. The van der Waals surface area contributed by atoms with Gasteiger partial charge in [-0.15, -0.1) is 11.3 Å². The molecule has 1 aromatic rings. The van der Waals surface area contributed by atoms with E-state index < -0.39 is 0 Å². The molecule has 5 heteroatoms. The van der Waals surface area contributed by atoms with Crippen molar-refractivity contribution in [3.8, 4) is 0 Å². The first-order chi connectivity index (χ1) is 8.39. The Kier molecular flexibility index (Phi) is 3.73. The van der Waals surface area contributed by atoms with E-state index in [1.807, 2.05) is 4.90 Å². The Morgan fingerprint density at radius 3 is 2.89 bits per heavy atom. The molecule has 0 unspecified atom stereocenters. The third-order valence-electron chi connectivity index (χ3n) is 3.22. The Morgan fingerprint density at radius 2 is 2.28 bits per heavy atom. The fourth-order valence-corrected chi connectivity index (χ4v) is 3.23. The zero-order chi connectivity index (χ0) is 13.3. The van der Waals surface area contributed by atoms with Gasteiger partial charge in [-0.05, 0) is 12.8 Å². The molecule has 2 heterocycles. The Hall–Kier alpha value is -0.940. The highest BCUT2D eigenvalue weighted by Crippen LogP contribution is 2.28. The molecular formula is C13H21N3OS. The minimum absolute atomic E-state index is 0.0943. The van der Waals surface area contributed by atoms with Gasteiger partial charge in [-0.3, -0.25) is 4.79 Å². The maximum absolute atomic E-state index is 12.5. The standard InChI is InChI=1S/C13H21N3OS/c1-13(2,3)11-10(18-8-15-11)12(17)16-6-4-5-9(14)7-16/h8-9H,4-7,14H2,1-3H3/t9-/m1/s1. The van der Waals surface area contributed by atoms with E-state index in [1.165, 1.54) is 11.3 Å². The van der Waals surface area contributed by atoms with E-state index in [9.17, 15) is 4.79 Å². The zero-order valence-electron chi connectivity index (χ0n) is 11.3. The summed E-state index contributed by atoms with van der Waals surface area (Å²) in [7, 11) is 0. The van der Waals surface area contributed by atoms with Crippen LogP contribution in [0.2, 0.25) is 0 Å². The summed E-state index contributed by atoms with van der Waals surface area (Å²) in [6, 6.07) is 0.119. The normalized spacial score (nSPS) is 21.1. The van der Waals surface area contributed by atoms with Gasteiger partial charge in [0.15, 0.2) is 0 Å². The molecule has 0 radical (unpaired) electrons. The maximum Gasteiger partial charge on any atom is 0.265 e. The third kappa shape index (κ3) is 2.72. The first-order valence-corrected chi connectivity index (χ1v) is 7.26. The highest BCUT2D eigenvalue weighted by Gasteiger charge is 2.29. The van der Waals surface area contributed by atoms with Crippen LogP contribution in [0.1, 0.15) is 49.0 Å². The number of carbonyl (C=O) groups excluding carboxylic acids is 1. The molecular weight excluding hydrogens is 246 g/mol. The van der Waals surface area contributed by atoms with Gasteiger partial charge >= 0.3 is 0 Å². The first kappa shape index (κ1) is 13.5. The topological polar surface area (TPSA) is 59.2 Å². The molecule has 1 amide bonds. The molecule has 1 aromatic heterocycles. The quantitative estimate of drug-likeness (QED) is 0.846. The lowest BCUT2D eigenvalue weighted by molar-refractivity contribution is 0.0711. The number of rotatable bonds is 1. The first-order valence-electron chi connectivity index (χ1n) is 6.38. The number of amides is 1. The Morgan fingerprint density at radius 1 is 1.56 bits per heavy atom. The van der Waals surface area contributed by atoms with Crippen LogP contribution in [-0.4, -0.2) is 34.9 Å². The van der Waals surface area contributed by atoms with Crippen molar-refractivity contribution in [2.75, 3.05) is 13.1 Å². The fourth-order valence-electron chi connectivity index (χ4n) is 2.27. The van der Waals surface area contributed by atoms with Crippen LogP contribution in [0.15, 0.2) is 5.51 Å². The lowest BCUT2D eigenvalue weighted by Crippen LogP contribution is -2.45. The second-order valence-electron chi connectivity index (χ2n) is 5.93. The molecule has 0 saturated carbocycles. The molecule has 100 valence electrons. The maximum atomic E-state index is 12.5. The molecule has 0 aromatic carbocycles. The summed E-state index contributed by atoms with van der Waals surface area (Å²) in [6.07, 6.45) is 2.01. The van der Waals surface area contributed by atoms with Gasteiger partial charge in [0.1, 0.15) is 4.88 Å². The van der Waals surface area contributed by atoms with Gasteiger partial charge in [0.25, 0.3) is 5.91 Å². The van der Waals surface area contributed by atoms with Crippen LogP contribution in [-0.2, 0) is 5.41 Å². The van der Waals surface area contributed by atoms with Crippen molar-refractivity contribution in [2.24, 2.45) is 5.73 Å². The van der Waals surface area contributed by atoms with Crippen molar-refractivity contribution in [1.29, 1.82) is 0 Å². The van der Waals surface area contributed by atoms with Crippen molar-refractivity contribution >= 4 is 17.2 Å². The number of likely N-dealkylation sites (tertiary alicyclic amines) is 1. The number of hydrogen-bond donors (Lipinski definition) is 1. The van der Waals surface area contributed by atoms with Gasteiger partial charge < -0.3 is 10.6 Å². The fraction of sp³-hybridized carbons (Fsp3) is 0.692. The largest absolute Gasteiger partial charge is 0.336 e. The average molecular weight is 267 g/mol. The predicted octanol–water partition coefficient (Wildman–Crippen LogP) is 2.00. The van der Waals surface area contributed by atoms with Gasteiger partial charge in [-0.1, -0.05) is 20.8 Å². The van der Waals surface area contributed by atoms with Crippen molar-refractivity contribution in [3.63, 3.8) is 0 Å². The second kappa shape index (κ2) is 4.97. The van der Waals surface area contributed by atoms with Gasteiger partial charge in [-0.2, -0.15) is 0 Å². The molecule has 0 aliphatic carbocycles. The Labute approximate surface area is 112 Å². The van der Waals surface area contributed by atoms with E-state index in [2.05, 4.69) is 25.8 Å². The Balaban J connectivity index is 2.21. The molecule has 1 atom stereocenters. The summed E-state index contributed by atoms with van der Waals surface area (Å²) in [5.74, 6) is 0.0950. The van der Waals surface area contributed by atoms with Crippen LogP contribution in [0.3, 0.4) is 0 Å². The molecule has 1 aliphatic rings. The molecule has 1 saturated heterocycles. The summed E-state index contributed by atoms with van der Waals surface area (Å²) in [5, 5.41) is 0. The SMILES string of the molecule is CC(C)(C)c1ncsc1C(=O)N1CCC[C@@H](N)C1. The molecule has 0 spiro atoms. The van der Waals surface area contributed by atoms with Crippen LogP contribution in [0.4, 0.5) is 0 Å². The summed E-state index contributed by atoms with van der Waals surface area (Å²) >= 11 is 1.44. The number of thiazole rings is 1. The van der Waals surface area contributed by atoms with E-state index in [-0.39, 0.29) is 17.4 Å². The molecule has 1 aliphatic heterocycles. The zero-order valence-corrected chi connectivity index (χ0v) is 12.1. The van der Waals surface area contributed by atoms with Crippen molar-refractivity contribution < 1.29 is 4.79 Å². The number of nitrogens with zero attached hydrogens (tertiary/aromatic N) is 2. The molecule has 2 rings (SSSR count). The molecule has 0 bridgehead atoms. The second-order valence-corrected chi connectivity index (χ2v) is 6.79. The highest BCUT2D eigenvalue weighted by atomic mass is 32.1. The van der Waals surface area contributed by atoms with E-state index in [4.69, 9.17) is 5.73 Å². The number of carbonyl (C=O) groups is 1. The monoisotopic (exact) mass is 267 g/mol. The van der Waals surface area contributed by atoms with Gasteiger partial charge in [-0.25, -0.2) is 4.98 Å². The van der Waals surface area contributed by atoms with Crippen LogP contribution >= 0.6 is 11.3 Å². The van der Waals surface area contributed by atoms with Crippen LogP contribution in [0.25, 0.3) is 0 Å². The highest BCUT2D eigenvalue weighted by molar-refractivity contribution is 7.11. The van der Waals surface area contributed by atoms with Crippen molar-refractivity contribution in [1.82, 2.24) is 9.88 Å². The number of aromatic nitrogens is 1. The lowest BCUT2D eigenvalue weighted by Gasteiger charge is -2.31. The molecule has 1 fully saturated rings. The van der Waals surface area contributed by atoms with E-state index in [0.29, 0.717) is 6.54 Å². The van der Waals surface area contributed by atoms with Crippen LogP contribution in [0, 0.1) is 0 Å². The van der Waals surface area contributed by atoms with E-state index >= 15 is 0 Å². The molecule has 4 nitrogen and oxygen atoms in total. The van der Waals surface area contributed by atoms with Gasteiger partial charge in [0.2, 0.25) is 0 Å². The lowest BCUT2D eigenvalue weighted by atomic mass is 9.91. The summed E-state index contributed by atoms with van der Waals surface area (Å²) < 4.78 is 0. The number of piperidine rings is 1. The summed E-state index contributed by atoms with van der Waals surface area (Å²) in [4.78, 5) is 19.5. The van der Waals surface area contributed by atoms with Gasteiger partial charge in [0, 0.05) is 24.5 Å². The van der Waals surface area contributed by atoms with E-state index in [1.54, 1.807) is 5.51 Å². The molecule has 2 N–H and O–H groups in total. The van der Waals surface area contributed by atoms with Crippen molar-refractivity contribution in [3.05, 3.63) is 16.1 Å². The average Bonchev–Trinajstić information content (AvgIpc) is 2.76. The predicted molar refractivity (Wildman–Crippen MR) is 73.9 cm³/mol. The van der Waals surface area contributed by atoms with Crippen LogP contribution in [0.5, 0.6) is 0 Å². The van der Waals surface area contributed by atoms with E-state index in [0.717, 1.165) is 30.0 Å². The number of hydrogen-bond acceptors (Lipinski definition) is 4. The summed E-state index contributed by atoms with van der Waals surface area (Å²) in [6.45, 7) is 7.73. The minimum Gasteiger partial charge on any atom is -0.336 e. The summed E-state index contributed by atoms with van der Waals surface area (Å²) in [5.41, 5.74) is 8.50. The van der Waals surface area contributed by atoms with Gasteiger partial charge in [0.05, 0.1) is 11.2 Å².